The number of carbonyl (C=O) groups is 1. The van der Waals surface area contributed by atoms with E-state index in [9.17, 15) is 4.79 Å². The normalized spacial score (nSPS) is 12.1. The van der Waals surface area contributed by atoms with Crippen LogP contribution in [-0.4, -0.2) is 12.3 Å². The fourth-order valence-electron chi connectivity index (χ4n) is 2.11. The summed E-state index contributed by atoms with van der Waals surface area (Å²) in [6.45, 7) is 10.7. The molecular formula is C20H27NO. The number of rotatable bonds is 9. The van der Waals surface area contributed by atoms with Gasteiger partial charge in [-0.05, 0) is 37.5 Å². The molecule has 0 radical (unpaired) electrons. The largest absolute Gasteiger partial charge is 0.389 e. The zero-order valence-corrected chi connectivity index (χ0v) is 14.0. The van der Waals surface area contributed by atoms with E-state index >= 15 is 0 Å². The predicted molar refractivity (Wildman–Crippen MR) is 95.9 cm³/mol. The molecule has 1 rings (SSSR count). The van der Waals surface area contributed by atoms with Crippen LogP contribution in [-0.2, 0) is 0 Å². The van der Waals surface area contributed by atoms with Crippen LogP contribution in [0.15, 0.2) is 54.8 Å². The van der Waals surface area contributed by atoms with E-state index in [1.54, 1.807) is 6.92 Å². The molecule has 0 saturated heterocycles. The monoisotopic (exact) mass is 297 g/mol. The number of hydrogen-bond acceptors (Lipinski definition) is 2. The zero-order valence-electron chi connectivity index (χ0n) is 14.0. The summed E-state index contributed by atoms with van der Waals surface area (Å²) in [6, 6.07) is 7.63. The van der Waals surface area contributed by atoms with Crippen LogP contribution in [0.1, 0.15) is 56.0 Å². The fraction of sp³-hybridized carbons (Fsp3) is 0.350. The summed E-state index contributed by atoms with van der Waals surface area (Å²) in [5.74, 6) is 0.0858. The lowest BCUT2D eigenvalue weighted by atomic mass is 10.0. The van der Waals surface area contributed by atoms with Crippen molar-refractivity contribution >= 4 is 11.4 Å². The highest BCUT2D eigenvalue weighted by Crippen LogP contribution is 2.17. The molecule has 0 unspecified atom stereocenters. The van der Waals surface area contributed by atoms with E-state index in [1.807, 2.05) is 30.3 Å². The summed E-state index contributed by atoms with van der Waals surface area (Å²) in [4.78, 5) is 11.3. The molecule has 0 amide bonds. The molecule has 0 saturated carbocycles. The number of nitrogens with one attached hydrogen (secondary N) is 1. The lowest BCUT2D eigenvalue weighted by Crippen LogP contribution is -2.12. The molecule has 22 heavy (non-hydrogen) atoms. The third-order valence-electron chi connectivity index (χ3n) is 3.54. The molecule has 1 N–H and O–H groups in total. The van der Waals surface area contributed by atoms with Gasteiger partial charge in [0.1, 0.15) is 0 Å². The minimum atomic E-state index is 0.0858. The van der Waals surface area contributed by atoms with Crippen LogP contribution in [0.2, 0.25) is 0 Å². The van der Waals surface area contributed by atoms with Crippen molar-refractivity contribution in [1.29, 1.82) is 0 Å². The molecule has 0 aromatic heterocycles. The summed E-state index contributed by atoms with van der Waals surface area (Å²) in [6.07, 6.45) is 9.66. The first kappa shape index (κ1) is 18.0. The van der Waals surface area contributed by atoms with Crippen molar-refractivity contribution in [3.8, 4) is 0 Å². The van der Waals surface area contributed by atoms with Gasteiger partial charge in [-0.15, -0.1) is 0 Å². The average molecular weight is 297 g/mol. The highest BCUT2D eigenvalue weighted by Gasteiger charge is 2.00. The Kier molecular flexibility index (Phi) is 7.98. The Morgan fingerprint density at radius 3 is 2.27 bits per heavy atom. The molecule has 2 heteroatoms. The Hall–Kier alpha value is -2.09. The number of ketones is 1. The number of hydrogen-bond donors (Lipinski definition) is 1. The molecule has 0 atom stereocenters. The van der Waals surface area contributed by atoms with Gasteiger partial charge in [0.25, 0.3) is 0 Å². The molecule has 1 aromatic carbocycles. The van der Waals surface area contributed by atoms with Crippen molar-refractivity contribution in [3.05, 3.63) is 65.9 Å². The molecular weight excluding hydrogens is 270 g/mol. The summed E-state index contributed by atoms with van der Waals surface area (Å²) in [5.41, 5.74) is 3.99. The van der Waals surface area contributed by atoms with Crippen molar-refractivity contribution in [2.45, 2.75) is 40.0 Å². The Labute approximate surface area is 134 Å². The molecule has 0 fully saturated rings. The average Bonchev–Trinajstić information content (AvgIpc) is 2.52. The van der Waals surface area contributed by atoms with Crippen LogP contribution in [0.5, 0.6) is 0 Å². The number of Topliss-reactive ketones (excluding diaryl/α,β-unsaturated/α-hetero) is 1. The lowest BCUT2D eigenvalue weighted by Gasteiger charge is -2.06. The van der Waals surface area contributed by atoms with Gasteiger partial charge in [-0.1, -0.05) is 62.8 Å². The summed E-state index contributed by atoms with van der Waals surface area (Å²) >= 11 is 0. The van der Waals surface area contributed by atoms with E-state index in [0.29, 0.717) is 0 Å². The summed E-state index contributed by atoms with van der Waals surface area (Å²) < 4.78 is 0. The number of benzene rings is 1. The predicted octanol–water partition coefficient (Wildman–Crippen LogP) is 5.14. The van der Waals surface area contributed by atoms with Gasteiger partial charge in [0.15, 0.2) is 5.78 Å². The SMILES string of the molecule is C=C/C(=C\C=C(/C)NCCCCC)c1ccc(C(C)=O)cc1. The van der Waals surface area contributed by atoms with Crippen LogP contribution in [0.25, 0.3) is 5.57 Å². The van der Waals surface area contributed by atoms with Crippen LogP contribution >= 0.6 is 0 Å². The minimum absolute atomic E-state index is 0.0858. The van der Waals surface area contributed by atoms with Gasteiger partial charge in [-0.2, -0.15) is 0 Å². The van der Waals surface area contributed by atoms with E-state index in [4.69, 9.17) is 0 Å². The maximum absolute atomic E-state index is 11.3. The second-order valence-corrected chi connectivity index (χ2v) is 5.44. The van der Waals surface area contributed by atoms with Crippen LogP contribution in [0.4, 0.5) is 0 Å². The summed E-state index contributed by atoms with van der Waals surface area (Å²) in [5, 5.41) is 3.41. The Balaban J connectivity index is 2.73. The van der Waals surface area contributed by atoms with E-state index in [1.165, 1.54) is 19.3 Å². The molecule has 0 heterocycles. The Morgan fingerprint density at radius 2 is 1.73 bits per heavy atom. The van der Waals surface area contributed by atoms with Crippen molar-refractivity contribution < 1.29 is 4.79 Å². The standard InChI is InChI=1S/C20H27NO/c1-5-7-8-15-21-16(3)9-10-18(6-2)20-13-11-19(12-14-20)17(4)22/h6,9-14,21H,2,5,7-8,15H2,1,3-4H3/b16-9+,18-10+. The van der Waals surface area contributed by atoms with Gasteiger partial charge in [-0.3, -0.25) is 4.79 Å². The van der Waals surface area contributed by atoms with Crippen molar-refractivity contribution in [2.75, 3.05) is 6.54 Å². The molecule has 1 aromatic rings. The summed E-state index contributed by atoms with van der Waals surface area (Å²) in [7, 11) is 0. The first-order valence-electron chi connectivity index (χ1n) is 7.94. The second-order valence-electron chi connectivity index (χ2n) is 5.44. The van der Waals surface area contributed by atoms with Crippen molar-refractivity contribution in [3.63, 3.8) is 0 Å². The maximum atomic E-state index is 11.3. The van der Waals surface area contributed by atoms with Crippen LogP contribution in [0, 0.1) is 0 Å². The molecule has 2 nitrogen and oxygen atoms in total. The van der Waals surface area contributed by atoms with E-state index in [2.05, 4.69) is 37.9 Å². The molecule has 0 spiro atoms. The topological polar surface area (TPSA) is 29.1 Å². The maximum Gasteiger partial charge on any atom is 0.159 e. The van der Waals surface area contributed by atoms with Gasteiger partial charge >= 0.3 is 0 Å². The molecule has 0 aliphatic heterocycles. The van der Waals surface area contributed by atoms with Gasteiger partial charge in [0, 0.05) is 17.8 Å². The lowest BCUT2D eigenvalue weighted by molar-refractivity contribution is 0.101. The first-order chi connectivity index (χ1) is 10.6. The number of carbonyl (C=O) groups excluding carboxylic acids is 1. The first-order valence-corrected chi connectivity index (χ1v) is 7.94. The highest BCUT2D eigenvalue weighted by atomic mass is 16.1. The van der Waals surface area contributed by atoms with E-state index in [0.717, 1.165) is 28.9 Å². The van der Waals surface area contributed by atoms with Crippen molar-refractivity contribution in [1.82, 2.24) is 5.32 Å². The van der Waals surface area contributed by atoms with Gasteiger partial charge < -0.3 is 5.32 Å². The number of unbranched alkanes of at least 4 members (excludes halogenated alkanes) is 2. The number of allylic oxidation sites excluding steroid dienone is 5. The fourth-order valence-corrected chi connectivity index (χ4v) is 2.11. The second kappa shape index (κ2) is 9.78. The molecule has 118 valence electrons. The molecule has 0 bridgehead atoms. The van der Waals surface area contributed by atoms with Crippen LogP contribution in [0.3, 0.4) is 0 Å². The molecule has 0 aliphatic carbocycles. The van der Waals surface area contributed by atoms with E-state index < -0.39 is 0 Å². The third kappa shape index (κ3) is 6.13. The third-order valence-corrected chi connectivity index (χ3v) is 3.54. The zero-order chi connectivity index (χ0) is 16.4. The quantitative estimate of drug-likeness (QED) is 0.388. The van der Waals surface area contributed by atoms with Crippen molar-refractivity contribution in [2.24, 2.45) is 0 Å². The van der Waals surface area contributed by atoms with Gasteiger partial charge in [-0.25, -0.2) is 0 Å². The van der Waals surface area contributed by atoms with E-state index in [-0.39, 0.29) is 5.78 Å². The molecule has 0 aliphatic rings. The minimum Gasteiger partial charge on any atom is -0.389 e. The smallest absolute Gasteiger partial charge is 0.159 e. The van der Waals surface area contributed by atoms with Gasteiger partial charge in [0.2, 0.25) is 0 Å². The van der Waals surface area contributed by atoms with Crippen LogP contribution < -0.4 is 5.32 Å². The Morgan fingerprint density at radius 1 is 1.09 bits per heavy atom. The highest BCUT2D eigenvalue weighted by molar-refractivity contribution is 5.94. The van der Waals surface area contributed by atoms with Gasteiger partial charge in [0.05, 0.1) is 0 Å². The Bertz CT molecular complexity index is 550.